The molecular weight excluding hydrogens is 368 g/mol. The molecule has 1 aliphatic rings. The number of nitrogens with one attached hydrogen (secondary N) is 1. The van der Waals surface area contributed by atoms with E-state index in [-0.39, 0.29) is 19.7 Å². The molecule has 1 fully saturated rings. The van der Waals surface area contributed by atoms with Crippen molar-refractivity contribution in [1.82, 2.24) is 10.2 Å². The van der Waals surface area contributed by atoms with Crippen molar-refractivity contribution in [2.45, 2.75) is 65.0 Å². The zero-order chi connectivity index (χ0) is 20.8. The van der Waals surface area contributed by atoms with Crippen molar-refractivity contribution in [3.63, 3.8) is 0 Å². The molecule has 1 rings (SSSR count). The Morgan fingerprint density at radius 1 is 1.11 bits per heavy atom. The monoisotopic (exact) mass is 402 g/mol. The summed E-state index contributed by atoms with van der Waals surface area (Å²) in [5, 5.41) is 2.71. The predicted molar refractivity (Wildman–Crippen MR) is 104 cm³/mol. The van der Waals surface area contributed by atoms with Gasteiger partial charge in [-0.3, -0.25) is 4.79 Å². The van der Waals surface area contributed by atoms with E-state index in [2.05, 4.69) is 25.0 Å². The number of ether oxygens (including phenoxy) is 3. The Kier molecular flexibility index (Phi) is 8.13. The van der Waals surface area contributed by atoms with Crippen LogP contribution in [-0.2, 0) is 19.0 Å². The third kappa shape index (κ3) is 8.64. The number of carbonyl (C=O) groups excluding carboxylic acids is 3. The van der Waals surface area contributed by atoms with Gasteiger partial charge < -0.3 is 24.4 Å². The molecule has 156 valence electrons. The predicted octanol–water partition coefficient (Wildman–Crippen LogP) is 2.85. The number of hydrogen-bond acceptors (Lipinski definition) is 6. The fourth-order valence-corrected chi connectivity index (χ4v) is 3.27. The molecule has 0 saturated carbocycles. The molecule has 0 radical (unpaired) electrons. The van der Waals surface area contributed by atoms with E-state index in [0.29, 0.717) is 6.61 Å². The SMILES string of the molecule is CCOC(=O)[C@H]1CN(C(=O)OC(C)(C)C)C[C@@H]1NC(=O)OCC[Si](C)(C)C. The minimum atomic E-state index is -1.31. The smallest absolute Gasteiger partial charge is 0.410 e. The minimum absolute atomic E-state index is 0.133. The van der Waals surface area contributed by atoms with Gasteiger partial charge in [-0.05, 0) is 33.7 Å². The van der Waals surface area contributed by atoms with Crippen molar-refractivity contribution in [3.05, 3.63) is 0 Å². The lowest BCUT2D eigenvalue weighted by atomic mass is 10.0. The van der Waals surface area contributed by atoms with Crippen molar-refractivity contribution in [2.75, 3.05) is 26.3 Å². The maximum Gasteiger partial charge on any atom is 0.410 e. The zero-order valence-corrected chi connectivity index (χ0v) is 18.6. The molecule has 1 saturated heterocycles. The second-order valence-corrected chi connectivity index (χ2v) is 14.6. The number of alkyl carbamates (subject to hydrolysis) is 1. The second-order valence-electron chi connectivity index (χ2n) is 8.94. The summed E-state index contributed by atoms with van der Waals surface area (Å²) in [5.41, 5.74) is -0.641. The van der Waals surface area contributed by atoms with E-state index in [1.165, 1.54) is 4.90 Å². The van der Waals surface area contributed by atoms with Gasteiger partial charge in [0.15, 0.2) is 0 Å². The van der Waals surface area contributed by atoms with Gasteiger partial charge in [-0.25, -0.2) is 9.59 Å². The topological polar surface area (TPSA) is 94.2 Å². The number of likely N-dealkylation sites (tertiary alicyclic amines) is 1. The lowest BCUT2D eigenvalue weighted by molar-refractivity contribution is -0.148. The highest BCUT2D eigenvalue weighted by Crippen LogP contribution is 2.22. The Morgan fingerprint density at radius 2 is 1.74 bits per heavy atom. The van der Waals surface area contributed by atoms with Gasteiger partial charge in [-0.2, -0.15) is 0 Å². The van der Waals surface area contributed by atoms with Crippen LogP contribution in [0.4, 0.5) is 9.59 Å². The highest BCUT2D eigenvalue weighted by molar-refractivity contribution is 6.76. The van der Waals surface area contributed by atoms with Crippen LogP contribution in [0.3, 0.4) is 0 Å². The average molecular weight is 403 g/mol. The number of hydrogen-bond donors (Lipinski definition) is 1. The molecule has 2 amide bonds. The van der Waals surface area contributed by atoms with E-state index in [1.54, 1.807) is 27.7 Å². The molecule has 0 aromatic heterocycles. The molecule has 0 aromatic carbocycles. The fourth-order valence-electron chi connectivity index (χ4n) is 2.56. The maximum atomic E-state index is 12.3. The highest BCUT2D eigenvalue weighted by atomic mass is 28.3. The number of carbonyl (C=O) groups is 3. The zero-order valence-electron chi connectivity index (χ0n) is 17.6. The van der Waals surface area contributed by atoms with Crippen LogP contribution in [0.25, 0.3) is 0 Å². The van der Waals surface area contributed by atoms with Crippen molar-refractivity contribution < 1.29 is 28.6 Å². The van der Waals surface area contributed by atoms with E-state index in [0.717, 1.165) is 6.04 Å². The van der Waals surface area contributed by atoms with Gasteiger partial charge >= 0.3 is 18.2 Å². The summed E-state index contributed by atoms with van der Waals surface area (Å²) < 4.78 is 15.7. The van der Waals surface area contributed by atoms with Crippen molar-refractivity contribution in [2.24, 2.45) is 5.92 Å². The highest BCUT2D eigenvalue weighted by Gasteiger charge is 2.43. The van der Waals surface area contributed by atoms with E-state index < -0.39 is 43.8 Å². The number of amides is 2. The molecule has 0 bridgehead atoms. The summed E-state index contributed by atoms with van der Waals surface area (Å²) in [4.78, 5) is 38.1. The Bertz CT molecular complexity index is 541. The van der Waals surface area contributed by atoms with Gasteiger partial charge in [0.25, 0.3) is 0 Å². The first kappa shape index (κ1) is 23.3. The lowest BCUT2D eigenvalue weighted by Gasteiger charge is -2.24. The first-order chi connectivity index (χ1) is 12.3. The molecule has 1 heterocycles. The van der Waals surface area contributed by atoms with Gasteiger partial charge in [0, 0.05) is 21.2 Å². The molecule has 1 aliphatic heterocycles. The van der Waals surface area contributed by atoms with Crippen LogP contribution in [0.1, 0.15) is 27.7 Å². The normalized spacial score (nSPS) is 20.2. The summed E-state index contributed by atoms with van der Waals surface area (Å²) in [6.45, 7) is 14.5. The Hall–Kier alpha value is -1.77. The molecule has 1 N–H and O–H groups in total. The average Bonchev–Trinajstić information content (AvgIpc) is 2.88. The van der Waals surface area contributed by atoms with Gasteiger partial charge in [0.2, 0.25) is 0 Å². The molecule has 0 spiro atoms. The third-order valence-electron chi connectivity index (χ3n) is 3.95. The van der Waals surface area contributed by atoms with Crippen LogP contribution in [0.5, 0.6) is 0 Å². The number of esters is 1. The van der Waals surface area contributed by atoms with Crippen molar-refractivity contribution in [1.29, 1.82) is 0 Å². The molecule has 0 aliphatic carbocycles. The third-order valence-corrected chi connectivity index (χ3v) is 5.65. The largest absolute Gasteiger partial charge is 0.466 e. The molecule has 0 aromatic rings. The molecule has 27 heavy (non-hydrogen) atoms. The molecular formula is C18H34N2O6Si. The van der Waals surface area contributed by atoms with Gasteiger partial charge in [0.1, 0.15) is 5.60 Å². The van der Waals surface area contributed by atoms with Gasteiger partial charge in [0.05, 0.1) is 25.2 Å². The van der Waals surface area contributed by atoms with Crippen LogP contribution in [-0.4, -0.2) is 69.1 Å². The van der Waals surface area contributed by atoms with E-state index >= 15 is 0 Å². The van der Waals surface area contributed by atoms with Crippen molar-refractivity contribution >= 4 is 26.2 Å². The Balaban J connectivity index is 2.71. The van der Waals surface area contributed by atoms with Gasteiger partial charge in [-0.1, -0.05) is 19.6 Å². The van der Waals surface area contributed by atoms with Crippen LogP contribution >= 0.6 is 0 Å². The first-order valence-corrected chi connectivity index (χ1v) is 13.1. The molecule has 8 nitrogen and oxygen atoms in total. The van der Waals surface area contributed by atoms with Crippen LogP contribution < -0.4 is 5.32 Å². The second kappa shape index (κ2) is 9.43. The summed E-state index contributed by atoms with van der Waals surface area (Å²) in [7, 11) is -1.31. The molecule has 0 unspecified atom stereocenters. The summed E-state index contributed by atoms with van der Waals surface area (Å²) >= 11 is 0. The molecule has 2 atom stereocenters. The van der Waals surface area contributed by atoms with Gasteiger partial charge in [-0.15, -0.1) is 0 Å². The Morgan fingerprint density at radius 3 is 2.26 bits per heavy atom. The van der Waals surface area contributed by atoms with Crippen LogP contribution in [0.2, 0.25) is 25.7 Å². The van der Waals surface area contributed by atoms with E-state index in [4.69, 9.17) is 14.2 Å². The van der Waals surface area contributed by atoms with Crippen LogP contribution in [0.15, 0.2) is 0 Å². The quantitative estimate of drug-likeness (QED) is 0.417. The lowest BCUT2D eigenvalue weighted by Crippen LogP contribution is -2.44. The summed E-state index contributed by atoms with van der Waals surface area (Å²) in [5.74, 6) is -1.10. The standard InChI is InChI=1S/C18H34N2O6Si/c1-8-24-15(21)13-11-20(17(23)26-18(2,3)4)12-14(13)19-16(22)25-9-10-27(5,6)7/h13-14H,8-12H2,1-7H3,(H,19,22)/t13-,14-/m0/s1. The number of nitrogens with zero attached hydrogens (tertiary/aromatic N) is 1. The maximum absolute atomic E-state index is 12.3. The van der Waals surface area contributed by atoms with Crippen LogP contribution in [0, 0.1) is 5.92 Å². The van der Waals surface area contributed by atoms with E-state index in [1.807, 2.05) is 0 Å². The molecule has 9 heteroatoms. The first-order valence-electron chi connectivity index (χ1n) is 9.40. The van der Waals surface area contributed by atoms with Crippen molar-refractivity contribution in [3.8, 4) is 0 Å². The number of rotatable bonds is 6. The fraction of sp³-hybridized carbons (Fsp3) is 0.833. The minimum Gasteiger partial charge on any atom is -0.466 e. The summed E-state index contributed by atoms with van der Waals surface area (Å²) in [6.07, 6.45) is -1.10. The summed E-state index contributed by atoms with van der Waals surface area (Å²) in [6, 6.07) is 0.284. The van der Waals surface area contributed by atoms with E-state index in [9.17, 15) is 14.4 Å². The Labute approximate surface area is 162 Å².